The average molecular weight is 336 g/mol. The van der Waals surface area contributed by atoms with Gasteiger partial charge in [-0.15, -0.1) is 0 Å². The molecule has 2 amide bonds. The molecule has 2 rings (SSSR count). The minimum atomic E-state index is -0.926. The summed E-state index contributed by atoms with van der Waals surface area (Å²) in [5, 5.41) is 14.3. The number of anilines is 1. The lowest BCUT2D eigenvalue weighted by atomic mass is 10.1. The summed E-state index contributed by atoms with van der Waals surface area (Å²) in [7, 11) is 1.53. The quantitative estimate of drug-likeness (QED) is 0.889. The highest BCUT2D eigenvalue weighted by atomic mass is 79.9. The molecule has 1 aromatic carbocycles. The molecule has 0 atom stereocenters. The zero-order valence-corrected chi connectivity index (χ0v) is 12.8. The lowest BCUT2D eigenvalue weighted by molar-refractivity contribution is -0.119. The van der Waals surface area contributed by atoms with E-state index in [1.54, 1.807) is 6.07 Å². The molecule has 104 valence electrons. The van der Waals surface area contributed by atoms with Gasteiger partial charge in [-0.1, -0.05) is 0 Å². The number of nitrogens with zero attached hydrogens (tertiary/aromatic N) is 1. The molecule has 1 saturated carbocycles. The molecule has 1 fully saturated rings. The van der Waals surface area contributed by atoms with Gasteiger partial charge in [-0.25, -0.2) is 0 Å². The lowest BCUT2D eigenvalue weighted by Crippen LogP contribution is -2.26. The van der Waals surface area contributed by atoms with Gasteiger partial charge in [0, 0.05) is 11.5 Å². The van der Waals surface area contributed by atoms with Crippen molar-refractivity contribution in [3.63, 3.8) is 0 Å². The molecule has 1 aromatic rings. The Labute approximate surface area is 125 Å². The van der Waals surface area contributed by atoms with Gasteiger partial charge in [0.1, 0.15) is 5.41 Å². The van der Waals surface area contributed by atoms with Gasteiger partial charge < -0.3 is 10.6 Å². The number of aryl methyl sites for hydroxylation is 1. The molecular formula is C14H14BrN3O2. The number of benzene rings is 1. The minimum Gasteiger partial charge on any atom is -0.355 e. The van der Waals surface area contributed by atoms with Crippen LogP contribution >= 0.6 is 15.9 Å². The normalized spacial score (nSPS) is 15.1. The van der Waals surface area contributed by atoms with Crippen LogP contribution in [0.5, 0.6) is 0 Å². The largest absolute Gasteiger partial charge is 0.355 e. The number of carbonyl (C=O) groups excluding carboxylic acids is 2. The van der Waals surface area contributed by atoms with E-state index in [9.17, 15) is 9.59 Å². The van der Waals surface area contributed by atoms with E-state index in [0.717, 1.165) is 5.56 Å². The monoisotopic (exact) mass is 335 g/mol. The highest BCUT2D eigenvalue weighted by Gasteiger charge is 2.51. The average Bonchev–Trinajstić information content (AvgIpc) is 3.21. The van der Waals surface area contributed by atoms with E-state index in [1.807, 2.05) is 19.1 Å². The van der Waals surface area contributed by atoms with Gasteiger partial charge in [0.25, 0.3) is 5.91 Å². The van der Waals surface area contributed by atoms with Gasteiger partial charge in [0.05, 0.1) is 17.3 Å². The zero-order chi connectivity index (χ0) is 14.9. The van der Waals surface area contributed by atoms with Gasteiger partial charge in [0.2, 0.25) is 5.91 Å². The summed E-state index contributed by atoms with van der Waals surface area (Å²) in [5.74, 6) is -0.638. The highest BCUT2D eigenvalue weighted by molar-refractivity contribution is 9.10. The van der Waals surface area contributed by atoms with E-state index in [2.05, 4.69) is 26.6 Å². The summed E-state index contributed by atoms with van der Waals surface area (Å²) in [4.78, 5) is 24.0. The van der Waals surface area contributed by atoms with Crippen LogP contribution in [0.4, 0.5) is 5.69 Å². The van der Waals surface area contributed by atoms with Crippen molar-refractivity contribution in [1.82, 2.24) is 5.32 Å². The molecule has 0 aliphatic heterocycles. The number of halogens is 1. The Kier molecular flexibility index (Phi) is 3.82. The Morgan fingerprint density at radius 3 is 2.55 bits per heavy atom. The Bertz CT molecular complexity index is 630. The van der Waals surface area contributed by atoms with E-state index >= 15 is 0 Å². The third kappa shape index (κ3) is 2.54. The number of carbonyl (C=O) groups is 2. The highest BCUT2D eigenvalue weighted by Crippen LogP contribution is 2.46. The second kappa shape index (κ2) is 5.25. The van der Waals surface area contributed by atoms with Crippen molar-refractivity contribution in [2.75, 3.05) is 12.4 Å². The van der Waals surface area contributed by atoms with Crippen LogP contribution in [0, 0.1) is 23.7 Å². The molecule has 1 aliphatic carbocycles. The number of rotatable bonds is 3. The fourth-order valence-corrected chi connectivity index (χ4v) is 2.60. The molecule has 20 heavy (non-hydrogen) atoms. The fraction of sp³-hybridized carbons (Fsp3) is 0.357. The Hall–Kier alpha value is -1.87. The van der Waals surface area contributed by atoms with Crippen LogP contribution in [-0.4, -0.2) is 18.9 Å². The van der Waals surface area contributed by atoms with Crippen molar-refractivity contribution in [1.29, 1.82) is 5.26 Å². The molecular weight excluding hydrogens is 322 g/mol. The number of hydrogen-bond donors (Lipinski definition) is 2. The third-order valence-corrected chi connectivity index (χ3v) is 3.97. The van der Waals surface area contributed by atoms with E-state index in [4.69, 9.17) is 5.26 Å². The maximum atomic E-state index is 12.1. The number of hydrogen-bond acceptors (Lipinski definition) is 3. The first-order chi connectivity index (χ1) is 9.43. The fourth-order valence-electron chi connectivity index (χ4n) is 1.93. The van der Waals surface area contributed by atoms with Crippen LogP contribution in [0.2, 0.25) is 0 Å². The number of nitrogens with one attached hydrogen (secondary N) is 2. The van der Waals surface area contributed by atoms with Crippen molar-refractivity contribution in [3.05, 3.63) is 27.7 Å². The van der Waals surface area contributed by atoms with Gasteiger partial charge >= 0.3 is 0 Å². The maximum absolute atomic E-state index is 12.1. The smallest absolute Gasteiger partial charge is 0.253 e. The molecule has 6 heteroatoms. The van der Waals surface area contributed by atoms with Crippen molar-refractivity contribution in [2.24, 2.45) is 5.41 Å². The zero-order valence-electron chi connectivity index (χ0n) is 11.2. The van der Waals surface area contributed by atoms with Crippen molar-refractivity contribution in [3.8, 4) is 6.07 Å². The summed E-state index contributed by atoms with van der Waals surface area (Å²) < 4.78 is 0.623. The maximum Gasteiger partial charge on any atom is 0.253 e. The standard InChI is InChI=1S/C14H14BrN3O2/c1-8-5-9(12(19)17-2)11(10(15)6-8)18-13(20)14(7-16)3-4-14/h5-6H,3-4H2,1-2H3,(H,17,19)(H,18,20). The predicted molar refractivity (Wildman–Crippen MR) is 78.2 cm³/mol. The minimum absolute atomic E-state index is 0.286. The lowest BCUT2D eigenvalue weighted by Gasteiger charge is -2.15. The summed E-state index contributed by atoms with van der Waals surface area (Å²) >= 11 is 3.36. The Morgan fingerprint density at radius 1 is 1.40 bits per heavy atom. The molecule has 0 heterocycles. The van der Waals surface area contributed by atoms with Crippen LogP contribution in [0.1, 0.15) is 28.8 Å². The molecule has 0 bridgehead atoms. The summed E-state index contributed by atoms with van der Waals surface area (Å²) in [5.41, 5.74) is 0.752. The van der Waals surface area contributed by atoms with E-state index in [1.165, 1.54) is 7.05 Å². The Balaban J connectivity index is 2.38. The molecule has 0 saturated heterocycles. The first kappa shape index (κ1) is 14.5. The van der Waals surface area contributed by atoms with Gasteiger partial charge in [0.15, 0.2) is 0 Å². The van der Waals surface area contributed by atoms with Crippen LogP contribution in [0.25, 0.3) is 0 Å². The van der Waals surface area contributed by atoms with E-state index in [0.29, 0.717) is 28.6 Å². The molecule has 0 aromatic heterocycles. The Morgan fingerprint density at radius 2 is 2.05 bits per heavy atom. The van der Waals surface area contributed by atoms with Gasteiger partial charge in [-0.3, -0.25) is 9.59 Å². The first-order valence-corrected chi connectivity index (χ1v) is 6.98. The SMILES string of the molecule is CNC(=O)c1cc(C)cc(Br)c1NC(=O)C1(C#N)CC1. The molecule has 0 unspecified atom stereocenters. The number of amides is 2. The second-order valence-electron chi connectivity index (χ2n) is 4.90. The molecule has 0 radical (unpaired) electrons. The van der Waals surface area contributed by atoms with Crippen molar-refractivity contribution >= 4 is 33.4 Å². The number of nitriles is 1. The molecule has 2 N–H and O–H groups in total. The molecule has 0 spiro atoms. The summed E-state index contributed by atoms with van der Waals surface area (Å²) in [6.07, 6.45) is 1.13. The van der Waals surface area contributed by atoms with Gasteiger partial charge in [-0.05, 0) is 53.4 Å². The first-order valence-electron chi connectivity index (χ1n) is 6.18. The van der Waals surface area contributed by atoms with E-state index in [-0.39, 0.29) is 11.8 Å². The van der Waals surface area contributed by atoms with Crippen molar-refractivity contribution < 1.29 is 9.59 Å². The predicted octanol–water partition coefficient (Wildman–Crippen LogP) is 2.36. The van der Waals surface area contributed by atoms with E-state index < -0.39 is 5.41 Å². The second-order valence-corrected chi connectivity index (χ2v) is 5.75. The van der Waals surface area contributed by atoms with Crippen LogP contribution < -0.4 is 10.6 Å². The van der Waals surface area contributed by atoms with Gasteiger partial charge in [-0.2, -0.15) is 5.26 Å². The van der Waals surface area contributed by atoms with Crippen LogP contribution in [-0.2, 0) is 4.79 Å². The van der Waals surface area contributed by atoms with Crippen LogP contribution in [0.3, 0.4) is 0 Å². The summed E-state index contributed by atoms with van der Waals surface area (Å²) in [6.45, 7) is 1.86. The third-order valence-electron chi connectivity index (χ3n) is 3.34. The van der Waals surface area contributed by atoms with Crippen LogP contribution in [0.15, 0.2) is 16.6 Å². The van der Waals surface area contributed by atoms with Crippen molar-refractivity contribution in [2.45, 2.75) is 19.8 Å². The topological polar surface area (TPSA) is 82.0 Å². The summed E-state index contributed by atoms with van der Waals surface area (Å²) in [6, 6.07) is 5.55. The molecule has 5 nitrogen and oxygen atoms in total. The molecule has 1 aliphatic rings.